The normalized spacial score (nSPS) is 11.9. The number of anilines is 1. The number of aromatic nitrogens is 1. The van der Waals surface area contributed by atoms with Gasteiger partial charge in [0.15, 0.2) is 5.13 Å². The van der Waals surface area contributed by atoms with Crippen molar-refractivity contribution in [3.63, 3.8) is 0 Å². The first-order valence-electron chi connectivity index (χ1n) is 8.29. The van der Waals surface area contributed by atoms with Gasteiger partial charge < -0.3 is 10.6 Å². The number of thiazole rings is 1. The fourth-order valence-corrected chi connectivity index (χ4v) is 4.31. The standard InChI is InChI=1S/C19H18BrN3O2S2/c1-26-11-10-15(21-17(24)12-6-2-3-7-13(12)20)18(25)23-19-22-14-8-4-5-9-16(14)27-19/h2-9,15H,10-11H2,1H3,(H,21,24)(H,22,23,25). The highest BCUT2D eigenvalue weighted by atomic mass is 79.9. The molecule has 0 radical (unpaired) electrons. The van der Waals surface area contributed by atoms with Crippen LogP contribution in [0.3, 0.4) is 0 Å². The molecule has 3 rings (SSSR count). The Morgan fingerprint density at radius 1 is 1.19 bits per heavy atom. The molecule has 0 saturated carbocycles. The fourth-order valence-electron chi connectivity index (χ4n) is 2.50. The van der Waals surface area contributed by atoms with Crippen LogP contribution in [0.2, 0.25) is 0 Å². The summed E-state index contributed by atoms with van der Waals surface area (Å²) in [5.74, 6) is 0.213. The molecule has 1 heterocycles. The first-order valence-corrected chi connectivity index (χ1v) is 11.3. The Labute approximate surface area is 174 Å². The second-order valence-corrected chi connectivity index (χ2v) is 8.63. The van der Waals surface area contributed by atoms with Crippen LogP contribution in [0.5, 0.6) is 0 Å². The molecular weight excluding hydrogens is 446 g/mol. The molecule has 5 nitrogen and oxygen atoms in total. The molecule has 0 spiro atoms. The van der Waals surface area contributed by atoms with Crippen LogP contribution in [0.15, 0.2) is 53.0 Å². The number of fused-ring (bicyclic) bond motifs is 1. The summed E-state index contributed by atoms with van der Waals surface area (Å²) in [5, 5.41) is 6.22. The molecule has 8 heteroatoms. The van der Waals surface area contributed by atoms with Crippen molar-refractivity contribution in [2.45, 2.75) is 12.5 Å². The molecule has 3 aromatic rings. The van der Waals surface area contributed by atoms with Crippen LogP contribution in [0, 0.1) is 0 Å². The molecule has 1 atom stereocenters. The van der Waals surface area contributed by atoms with Gasteiger partial charge in [0.25, 0.3) is 5.91 Å². The number of amides is 2. The number of carbonyl (C=O) groups is 2. The van der Waals surface area contributed by atoms with E-state index < -0.39 is 6.04 Å². The van der Waals surface area contributed by atoms with Gasteiger partial charge in [0.1, 0.15) is 6.04 Å². The summed E-state index contributed by atoms with van der Waals surface area (Å²) in [7, 11) is 0. The van der Waals surface area contributed by atoms with Gasteiger partial charge in [-0.2, -0.15) is 11.8 Å². The van der Waals surface area contributed by atoms with Gasteiger partial charge in [-0.3, -0.25) is 9.59 Å². The summed E-state index contributed by atoms with van der Waals surface area (Å²) in [5.41, 5.74) is 1.34. The van der Waals surface area contributed by atoms with Gasteiger partial charge in [-0.05, 0) is 58.6 Å². The summed E-state index contributed by atoms with van der Waals surface area (Å²) in [6, 6.07) is 14.2. The highest BCUT2D eigenvalue weighted by Gasteiger charge is 2.23. The molecule has 0 aliphatic heterocycles. The summed E-state index contributed by atoms with van der Waals surface area (Å²) in [6.07, 6.45) is 2.51. The third-order valence-corrected chi connectivity index (χ3v) is 6.16. The van der Waals surface area contributed by atoms with Crippen molar-refractivity contribution in [2.75, 3.05) is 17.3 Å². The zero-order valence-corrected chi connectivity index (χ0v) is 17.8. The van der Waals surface area contributed by atoms with E-state index in [2.05, 4.69) is 31.5 Å². The molecule has 0 saturated heterocycles. The summed E-state index contributed by atoms with van der Waals surface area (Å²) in [6.45, 7) is 0. The summed E-state index contributed by atoms with van der Waals surface area (Å²) >= 11 is 6.42. The van der Waals surface area contributed by atoms with Gasteiger partial charge in [-0.25, -0.2) is 4.98 Å². The number of thioether (sulfide) groups is 1. The second-order valence-electron chi connectivity index (χ2n) is 5.76. The Bertz CT molecular complexity index is 928. The number of hydrogen-bond acceptors (Lipinski definition) is 5. The Morgan fingerprint density at radius 2 is 1.93 bits per heavy atom. The lowest BCUT2D eigenvalue weighted by atomic mass is 10.1. The molecule has 2 N–H and O–H groups in total. The number of hydrogen-bond donors (Lipinski definition) is 2. The smallest absolute Gasteiger partial charge is 0.253 e. The molecule has 1 aromatic heterocycles. The Kier molecular flexibility index (Phi) is 6.87. The van der Waals surface area contributed by atoms with E-state index in [0.717, 1.165) is 16.0 Å². The van der Waals surface area contributed by atoms with E-state index in [-0.39, 0.29) is 11.8 Å². The summed E-state index contributed by atoms with van der Waals surface area (Å²) < 4.78 is 1.70. The van der Waals surface area contributed by atoms with E-state index in [1.165, 1.54) is 11.3 Å². The van der Waals surface area contributed by atoms with Gasteiger partial charge in [0.05, 0.1) is 15.8 Å². The number of halogens is 1. The van der Waals surface area contributed by atoms with Crippen molar-refractivity contribution in [1.29, 1.82) is 0 Å². The Morgan fingerprint density at radius 3 is 2.67 bits per heavy atom. The molecular formula is C19H18BrN3O2S2. The van der Waals surface area contributed by atoms with Crippen LogP contribution in [-0.4, -0.2) is 34.8 Å². The van der Waals surface area contributed by atoms with Gasteiger partial charge in [-0.1, -0.05) is 35.6 Å². The maximum Gasteiger partial charge on any atom is 0.253 e. The van der Waals surface area contributed by atoms with Crippen molar-refractivity contribution in [2.24, 2.45) is 0 Å². The number of benzene rings is 2. The van der Waals surface area contributed by atoms with Crippen molar-refractivity contribution in [1.82, 2.24) is 10.3 Å². The third-order valence-electron chi connectivity index (χ3n) is 3.87. The topological polar surface area (TPSA) is 71.1 Å². The first kappa shape index (κ1) is 19.9. The number of nitrogens with zero attached hydrogens (tertiary/aromatic N) is 1. The lowest BCUT2D eigenvalue weighted by molar-refractivity contribution is -0.118. The van der Waals surface area contributed by atoms with Gasteiger partial charge in [0, 0.05) is 4.47 Å². The van der Waals surface area contributed by atoms with Gasteiger partial charge in [-0.15, -0.1) is 0 Å². The molecule has 1 unspecified atom stereocenters. The molecule has 2 aromatic carbocycles. The van der Waals surface area contributed by atoms with Crippen molar-refractivity contribution in [3.05, 3.63) is 58.6 Å². The number of para-hydroxylation sites is 1. The van der Waals surface area contributed by atoms with Crippen molar-refractivity contribution in [3.8, 4) is 0 Å². The van der Waals surface area contributed by atoms with Gasteiger partial charge in [0.2, 0.25) is 5.91 Å². The molecule has 0 aliphatic rings. The van der Waals surface area contributed by atoms with Crippen LogP contribution in [-0.2, 0) is 4.79 Å². The van der Waals surface area contributed by atoms with E-state index in [9.17, 15) is 9.59 Å². The lowest BCUT2D eigenvalue weighted by Gasteiger charge is -2.17. The van der Waals surface area contributed by atoms with E-state index in [1.807, 2.05) is 36.6 Å². The molecule has 27 heavy (non-hydrogen) atoms. The predicted molar refractivity (Wildman–Crippen MR) is 117 cm³/mol. The Hall–Kier alpha value is -1.90. The third kappa shape index (κ3) is 5.09. The highest BCUT2D eigenvalue weighted by molar-refractivity contribution is 9.10. The Balaban J connectivity index is 1.73. The monoisotopic (exact) mass is 463 g/mol. The van der Waals surface area contributed by atoms with Crippen molar-refractivity contribution >= 4 is 66.2 Å². The highest BCUT2D eigenvalue weighted by Crippen LogP contribution is 2.25. The van der Waals surface area contributed by atoms with Crippen LogP contribution >= 0.6 is 39.0 Å². The minimum Gasteiger partial charge on any atom is -0.340 e. The predicted octanol–water partition coefficient (Wildman–Crippen LogP) is 4.55. The van der Waals surface area contributed by atoms with Crippen LogP contribution in [0.4, 0.5) is 5.13 Å². The average Bonchev–Trinajstić information content (AvgIpc) is 3.07. The molecule has 140 valence electrons. The minimum atomic E-state index is -0.635. The van der Waals surface area contributed by atoms with E-state index >= 15 is 0 Å². The second kappa shape index (κ2) is 9.34. The fraction of sp³-hybridized carbons (Fsp3) is 0.211. The van der Waals surface area contributed by atoms with E-state index in [0.29, 0.717) is 21.6 Å². The van der Waals surface area contributed by atoms with Crippen molar-refractivity contribution < 1.29 is 9.59 Å². The number of carbonyl (C=O) groups excluding carboxylic acids is 2. The van der Waals surface area contributed by atoms with Gasteiger partial charge >= 0.3 is 0 Å². The quantitative estimate of drug-likeness (QED) is 0.538. The summed E-state index contributed by atoms with van der Waals surface area (Å²) in [4.78, 5) is 29.8. The van der Waals surface area contributed by atoms with E-state index in [1.54, 1.807) is 30.0 Å². The average molecular weight is 464 g/mol. The maximum absolute atomic E-state index is 12.8. The molecule has 0 bridgehead atoms. The number of nitrogens with one attached hydrogen (secondary N) is 2. The zero-order chi connectivity index (χ0) is 19.2. The molecule has 0 aliphatic carbocycles. The maximum atomic E-state index is 12.8. The molecule has 2 amide bonds. The number of rotatable bonds is 7. The SMILES string of the molecule is CSCCC(NC(=O)c1ccccc1Br)C(=O)Nc1nc2ccccc2s1. The zero-order valence-electron chi connectivity index (χ0n) is 14.6. The van der Waals surface area contributed by atoms with Crippen LogP contribution in [0.1, 0.15) is 16.8 Å². The van der Waals surface area contributed by atoms with Crippen LogP contribution in [0.25, 0.3) is 10.2 Å². The van der Waals surface area contributed by atoms with Crippen LogP contribution < -0.4 is 10.6 Å². The molecule has 0 fully saturated rings. The first-order chi connectivity index (χ1) is 13.1. The van der Waals surface area contributed by atoms with E-state index in [4.69, 9.17) is 0 Å². The lowest BCUT2D eigenvalue weighted by Crippen LogP contribution is -2.44. The minimum absolute atomic E-state index is 0.261. The largest absolute Gasteiger partial charge is 0.340 e.